The molecule has 5 nitrogen and oxygen atoms in total. The van der Waals surface area contributed by atoms with Crippen molar-refractivity contribution in [3.8, 4) is 0 Å². The predicted octanol–water partition coefficient (Wildman–Crippen LogP) is 5.86. The van der Waals surface area contributed by atoms with Crippen LogP contribution in [0.1, 0.15) is 31.2 Å². The Labute approximate surface area is 196 Å². The first-order valence-electron chi connectivity index (χ1n) is 9.12. The normalized spacial score (nSPS) is 13.3. The number of hydrogen-bond acceptors (Lipinski definition) is 6. The molecule has 0 saturated carbocycles. The van der Waals surface area contributed by atoms with E-state index in [0.717, 1.165) is 15.4 Å². The molecule has 0 fully saturated rings. The molecular formula is C22H15Cl2NO4S2. The highest BCUT2D eigenvalue weighted by Crippen LogP contribution is 2.35. The van der Waals surface area contributed by atoms with E-state index in [1.54, 1.807) is 41.8 Å². The molecule has 158 valence electrons. The lowest BCUT2D eigenvalue weighted by Gasteiger charge is -2.26. The Bertz CT molecular complexity index is 1190. The van der Waals surface area contributed by atoms with Gasteiger partial charge in [-0.2, -0.15) is 0 Å². The molecule has 0 saturated heterocycles. The first-order chi connectivity index (χ1) is 14.9. The highest BCUT2D eigenvalue weighted by molar-refractivity contribution is 7.98. The van der Waals surface area contributed by atoms with E-state index < -0.39 is 11.9 Å². The predicted molar refractivity (Wildman–Crippen MR) is 124 cm³/mol. The summed E-state index contributed by atoms with van der Waals surface area (Å²) in [6.45, 7) is 0. The Kier molecular flexibility index (Phi) is 6.39. The zero-order chi connectivity index (χ0) is 22.1. The molecule has 1 aliphatic rings. The number of amides is 2. The number of thioether (sulfide) groups is 1. The molecule has 2 amide bonds. The van der Waals surface area contributed by atoms with Gasteiger partial charge in [0.05, 0.1) is 30.3 Å². The molecule has 9 heteroatoms. The molecule has 0 bridgehead atoms. The van der Waals surface area contributed by atoms with Crippen molar-refractivity contribution in [3.63, 3.8) is 0 Å². The van der Waals surface area contributed by atoms with Crippen LogP contribution in [-0.4, -0.2) is 24.9 Å². The number of rotatable bonds is 5. The number of nitrogens with zero attached hydrogens (tertiary/aromatic N) is 1. The second-order valence-electron chi connectivity index (χ2n) is 6.64. The summed E-state index contributed by atoms with van der Waals surface area (Å²) < 4.78 is 4.78. The number of fused-ring (bicyclic) bond motifs is 1. The summed E-state index contributed by atoms with van der Waals surface area (Å²) in [5.74, 6) is -0.928. The van der Waals surface area contributed by atoms with E-state index in [9.17, 15) is 14.4 Å². The maximum Gasteiger partial charge on any atom is 0.339 e. The third-order valence-corrected chi connectivity index (χ3v) is 7.49. The monoisotopic (exact) mass is 491 g/mol. The number of anilines is 1. The van der Waals surface area contributed by atoms with E-state index in [1.165, 1.54) is 30.2 Å². The van der Waals surface area contributed by atoms with Gasteiger partial charge in [-0.3, -0.25) is 9.59 Å². The molecule has 4 rings (SSSR count). The summed E-state index contributed by atoms with van der Waals surface area (Å²) in [5, 5.41) is 2.72. The number of ether oxygens (including phenoxy) is 1. The number of methoxy groups -OCH3 is 1. The Morgan fingerprint density at radius 1 is 1.16 bits per heavy atom. The first-order valence-corrected chi connectivity index (χ1v) is 11.7. The van der Waals surface area contributed by atoms with Gasteiger partial charge in [-0.05, 0) is 35.9 Å². The van der Waals surface area contributed by atoms with Crippen LogP contribution in [-0.2, 0) is 21.7 Å². The summed E-state index contributed by atoms with van der Waals surface area (Å²) in [7, 11) is 1.26. The zero-order valence-electron chi connectivity index (χ0n) is 16.2. The Morgan fingerprint density at radius 3 is 2.58 bits per heavy atom. The van der Waals surface area contributed by atoms with Gasteiger partial charge in [-0.25, -0.2) is 9.69 Å². The maximum atomic E-state index is 13.2. The van der Waals surface area contributed by atoms with E-state index >= 15 is 0 Å². The van der Waals surface area contributed by atoms with Gasteiger partial charge in [0.2, 0.25) is 5.91 Å². The Morgan fingerprint density at radius 2 is 1.87 bits per heavy atom. The molecule has 31 heavy (non-hydrogen) atoms. The van der Waals surface area contributed by atoms with Crippen molar-refractivity contribution < 1.29 is 19.1 Å². The SMILES string of the molecule is COC(=O)c1csc2c1C(=O)N(c1cccc(SCc3c(Cl)cccc3Cl)c1)C(=O)C2. The molecule has 0 N–H and O–H groups in total. The summed E-state index contributed by atoms with van der Waals surface area (Å²) in [6.07, 6.45) is 0.0509. The quantitative estimate of drug-likeness (QED) is 0.254. The molecule has 0 unspecified atom stereocenters. The summed E-state index contributed by atoms with van der Waals surface area (Å²) >= 11 is 15.2. The second kappa shape index (κ2) is 9.04. The molecule has 3 aromatic rings. The van der Waals surface area contributed by atoms with E-state index in [-0.39, 0.29) is 23.5 Å². The lowest BCUT2D eigenvalue weighted by atomic mass is 10.0. The lowest BCUT2D eigenvalue weighted by Crippen LogP contribution is -2.42. The first kappa shape index (κ1) is 21.9. The smallest absolute Gasteiger partial charge is 0.339 e. The number of benzene rings is 2. The number of carbonyl (C=O) groups is 3. The van der Waals surface area contributed by atoms with Crippen molar-refractivity contribution in [2.75, 3.05) is 12.0 Å². The standard InChI is InChI=1S/C22H15Cl2NO4S2/c1-29-22(28)15-11-31-18-9-19(26)25(21(27)20(15)18)12-4-2-5-13(8-12)30-10-14-16(23)6-3-7-17(14)24/h2-8,11H,9-10H2,1H3. The fourth-order valence-electron chi connectivity index (χ4n) is 3.26. The molecule has 1 aliphatic heterocycles. The highest BCUT2D eigenvalue weighted by atomic mass is 35.5. The fraction of sp³-hybridized carbons (Fsp3) is 0.136. The van der Waals surface area contributed by atoms with Crippen LogP contribution in [0.5, 0.6) is 0 Å². The second-order valence-corrected chi connectivity index (χ2v) is 9.46. The highest BCUT2D eigenvalue weighted by Gasteiger charge is 2.37. The molecule has 2 aromatic carbocycles. The van der Waals surface area contributed by atoms with Gasteiger partial charge >= 0.3 is 5.97 Å². The number of carbonyl (C=O) groups excluding carboxylic acids is 3. The van der Waals surface area contributed by atoms with Crippen LogP contribution in [0.15, 0.2) is 52.7 Å². The Balaban J connectivity index is 1.62. The zero-order valence-corrected chi connectivity index (χ0v) is 19.3. The average Bonchev–Trinajstić information content (AvgIpc) is 3.17. The van der Waals surface area contributed by atoms with Crippen molar-refractivity contribution in [2.45, 2.75) is 17.1 Å². The molecule has 0 aliphatic carbocycles. The minimum atomic E-state index is -0.596. The van der Waals surface area contributed by atoms with Crippen molar-refractivity contribution in [1.29, 1.82) is 0 Å². The minimum Gasteiger partial charge on any atom is -0.465 e. The molecular weight excluding hydrogens is 477 g/mol. The van der Waals surface area contributed by atoms with Crippen LogP contribution in [0.4, 0.5) is 5.69 Å². The van der Waals surface area contributed by atoms with E-state index in [2.05, 4.69) is 0 Å². The summed E-state index contributed by atoms with van der Waals surface area (Å²) in [5.41, 5.74) is 1.68. The Hall–Kier alpha value is -2.32. The summed E-state index contributed by atoms with van der Waals surface area (Å²) in [4.78, 5) is 40.5. The van der Waals surface area contributed by atoms with E-state index in [1.807, 2.05) is 6.07 Å². The van der Waals surface area contributed by atoms with Crippen molar-refractivity contribution >= 4 is 69.8 Å². The maximum absolute atomic E-state index is 13.2. The van der Waals surface area contributed by atoms with Crippen LogP contribution in [0.25, 0.3) is 0 Å². The molecule has 0 atom stereocenters. The number of imide groups is 1. The van der Waals surface area contributed by atoms with E-state index in [0.29, 0.717) is 26.4 Å². The number of hydrogen-bond donors (Lipinski definition) is 0. The third kappa shape index (κ3) is 4.23. The van der Waals surface area contributed by atoms with E-state index in [4.69, 9.17) is 27.9 Å². The molecule has 1 aromatic heterocycles. The van der Waals surface area contributed by atoms with Gasteiger partial charge in [-0.1, -0.05) is 35.3 Å². The van der Waals surface area contributed by atoms with Crippen LogP contribution >= 0.6 is 46.3 Å². The number of halogens is 2. The van der Waals surface area contributed by atoms with Crippen molar-refractivity contribution in [2.24, 2.45) is 0 Å². The molecule has 0 radical (unpaired) electrons. The van der Waals surface area contributed by atoms with Gasteiger partial charge in [0.25, 0.3) is 5.91 Å². The van der Waals surface area contributed by atoms with Crippen LogP contribution < -0.4 is 4.90 Å². The topological polar surface area (TPSA) is 63.7 Å². The van der Waals surface area contributed by atoms with Crippen molar-refractivity contribution in [3.05, 3.63) is 79.5 Å². The van der Waals surface area contributed by atoms with Gasteiger partial charge in [0.15, 0.2) is 0 Å². The van der Waals surface area contributed by atoms with Gasteiger partial charge in [0, 0.05) is 31.0 Å². The van der Waals surface area contributed by atoms with Gasteiger partial charge < -0.3 is 4.74 Å². The van der Waals surface area contributed by atoms with Gasteiger partial charge in [0.1, 0.15) is 0 Å². The molecule has 2 heterocycles. The van der Waals surface area contributed by atoms with Crippen LogP contribution in [0.3, 0.4) is 0 Å². The minimum absolute atomic E-state index is 0.0509. The lowest BCUT2D eigenvalue weighted by molar-refractivity contribution is -0.117. The third-order valence-electron chi connectivity index (χ3n) is 4.77. The largest absolute Gasteiger partial charge is 0.465 e. The van der Waals surface area contributed by atoms with Crippen LogP contribution in [0.2, 0.25) is 10.0 Å². The molecule has 0 spiro atoms. The van der Waals surface area contributed by atoms with Gasteiger partial charge in [-0.15, -0.1) is 23.1 Å². The average molecular weight is 492 g/mol. The van der Waals surface area contributed by atoms with Crippen LogP contribution in [0, 0.1) is 0 Å². The number of thiophene rings is 1. The summed E-state index contributed by atoms with van der Waals surface area (Å²) in [6, 6.07) is 12.5. The van der Waals surface area contributed by atoms with Crippen molar-refractivity contribution in [1.82, 2.24) is 0 Å². The number of esters is 1. The fourth-order valence-corrected chi connectivity index (χ4v) is 5.95.